The Morgan fingerprint density at radius 3 is 2.62 bits per heavy atom. The number of sulfonamides is 1. The first kappa shape index (κ1) is 20.8. The molecular weight excluding hydrogens is 402 g/mol. The van der Waals surface area contributed by atoms with E-state index in [1.54, 1.807) is 30.0 Å². The van der Waals surface area contributed by atoms with Crippen molar-refractivity contribution in [3.63, 3.8) is 0 Å². The van der Waals surface area contributed by atoms with Crippen LogP contribution in [0.15, 0.2) is 36.7 Å². The lowest BCUT2D eigenvalue weighted by Gasteiger charge is -2.11. The predicted molar refractivity (Wildman–Crippen MR) is 104 cm³/mol. The molecule has 154 valence electrons. The molecule has 0 amide bonds. The lowest BCUT2D eigenvalue weighted by molar-refractivity contribution is 0.571. The Hall–Kier alpha value is -2.92. The number of anilines is 1. The van der Waals surface area contributed by atoms with Gasteiger partial charge in [0.1, 0.15) is 34.9 Å². The third-order valence-corrected chi connectivity index (χ3v) is 5.34. The van der Waals surface area contributed by atoms with Crippen LogP contribution in [0, 0.1) is 25.5 Å². The largest absolute Gasteiger partial charge is 0.369 e. The first-order chi connectivity index (χ1) is 13.7. The summed E-state index contributed by atoms with van der Waals surface area (Å²) in [4.78, 5) is 12.8. The number of rotatable bonds is 8. The van der Waals surface area contributed by atoms with E-state index in [0.29, 0.717) is 17.5 Å². The number of nitrogens with one attached hydrogen (secondary N) is 2. The van der Waals surface area contributed by atoms with Gasteiger partial charge in [0.05, 0.1) is 5.75 Å². The summed E-state index contributed by atoms with van der Waals surface area (Å²) in [6.45, 7) is 3.88. The Balaban J connectivity index is 1.58. The van der Waals surface area contributed by atoms with Crippen LogP contribution >= 0.6 is 0 Å². The van der Waals surface area contributed by atoms with Crippen molar-refractivity contribution in [1.82, 2.24) is 24.2 Å². The summed E-state index contributed by atoms with van der Waals surface area (Å²) in [5.41, 5.74) is -0.225. The Morgan fingerprint density at radius 2 is 1.90 bits per heavy atom. The number of hydrogen-bond donors (Lipinski definition) is 2. The monoisotopic (exact) mass is 422 g/mol. The van der Waals surface area contributed by atoms with Crippen LogP contribution in [0.25, 0.3) is 5.82 Å². The zero-order valence-corrected chi connectivity index (χ0v) is 16.7. The van der Waals surface area contributed by atoms with E-state index in [4.69, 9.17) is 0 Å². The molecular formula is C18H20F2N6O2S. The molecule has 0 bridgehead atoms. The van der Waals surface area contributed by atoms with Crippen molar-refractivity contribution in [2.45, 2.75) is 19.6 Å². The standard InChI is InChI=1S/C18H20F2N6O2S/c1-12-24-17(10-18(25-12)26-8-7-21-13(26)2)22-5-6-23-29(27,28)11-14-9-15(19)3-4-16(14)20/h3-4,7-10,23H,5-6,11H2,1-2H3,(H,22,24,25). The summed E-state index contributed by atoms with van der Waals surface area (Å²) in [6.07, 6.45) is 3.44. The van der Waals surface area contributed by atoms with Crippen LogP contribution in [-0.2, 0) is 15.8 Å². The van der Waals surface area contributed by atoms with Gasteiger partial charge in [-0.1, -0.05) is 0 Å². The molecule has 0 aliphatic heterocycles. The van der Waals surface area contributed by atoms with Crippen LogP contribution in [-0.4, -0.2) is 41.0 Å². The molecule has 0 aliphatic carbocycles. The molecule has 29 heavy (non-hydrogen) atoms. The topological polar surface area (TPSA) is 102 Å². The lowest BCUT2D eigenvalue weighted by atomic mass is 10.2. The summed E-state index contributed by atoms with van der Waals surface area (Å²) in [6, 6.07) is 4.43. The summed E-state index contributed by atoms with van der Waals surface area (Å²) in [7, 11) is -3.83. The van der Waals surface area contributed by atoms with Crippen molar-refractivity contribution in [3.05, 3.63) is 65.5 Å². The zero-order chi connectivity index (χ0) is 21.0. The number of hydrogen-bond acceptors (Lipinski definition) is 6. The van der Waals surface area contributed by atoms with Gasteiger partial charge in [0.15, 0.2) is 0 Å². The SMILES string of the molecule is Cc1nc(NCCNS(=O)(=O)Cc2cc(F)ccc2F)cc(-n2ccnc2C)n1. The van der Waals surface area contributed by atoms with Crippen molar-refractivity contribution < 1.29 is 17.2 Å². The lowest BCUT2D eigenvalue weighted by Crippen LogP contribution is -2.30. The molecule has 0 saturated heterocycles. The van der Waals surface area contributed by atoms with Crippen molar-refractivity contribution in [3.8, 4) is 5.82 Å². The van der Waals surface area contributed by atoms with Crippen LogP contribution < -0.4 is 10.0 Å². The fourth-order valence-corrected chi connectivity index (χ4v) is 3.84. The molecule has 0 fully saturated rings. The summed E-state index contributed by atoms with van der Waals surface area (Å²) >= 11 is 0. The maximum Gasteiger partial charge on any atom is 0.215 e. The molecule has 2 heterocycles. The fraction of sp³-hybridized carbons (Fsp3) is 0.278. The van der Waals surface area contributed by atoms with E-state index < -0.39 is 27.4 Å². The quantitative estimate of drug-likeness (QED) is 0.539. The highest BCUT2D eigenvalue weighted by molar-refractivity contribution is 7.88. The third-order valence-electron chi connectivity index (χ3n) is 4.00. The van der Waals surface area contributed by atoms with Crippen LogP contribution in [0.4, 0.5) is 14.6 Å². The van der Waals surface area contributed by atoms with Crippen LogP contribution in [0.3, 0.4) is 0 Å². The smallest absolute Gasteiger partial charge is 0.215 e. The summed E-state index contributed by atoms with van der Waals surface area (Å²) < 4.78 is 55.2. The molecule has 0 atom stereocenters. The van der Waals surface area contributed by atoms with E-state index in [0.717, 1.165) is 24.0 Å². The van der Waals surface area contributed by atoms with Gasteiger partial charge in [-0.05, 0) is 32.0 Å². The maximum absolute atomic E-state index is 13.6. The van der Waals surface area contributed by atoms with E-state index in [1.807, 2.05) is 6.92 Å². The molecule has 3 aromatic rings. The van der Waals surface area contributed by atoms with Crippen LogP contribution in [0.2, 0.25) is 0 Å². The minimum atomic E-state index is -3.83. The Bertz CT molecular complexity index is 1120. The molecule has 11 heteroatoms. The average Bonchev–Trinajstić information content (AvgIpc) is 3.07. The second kappa shape index (κ2) is 8.62. The van der Waals surface area contributed by atoms with Gasteiger partial charge in [0.2, 0.25) is 10.0 Å². The number of halogens is 2. The molecule has 2 aromatic heterocycles. The normalized spacial score (nSPS) is 11.6. The Labute approximate surface area is 167 Å². The number of aromatic nitrogens is 4. The van der Waals surface area contributed by atoms with Gasteiger partial charge in [-0.2, -0.15) is 0 Å². The Kier molecular flexibility index (Phi) is 6.18. The van der Waals surface area contributed by atoms with Gasteiger partial charge in [-0.3, -0.25) is 4.57 Å². The van der Waals surface area contributed by atoms with Gasteiger partial charge >= 0.3 is 0 Å². The summed E-state index contributed by atoms with van der Waals surface area (Å²) in [5, 5.41) is 3.02. The molecule has 8 nitrogen and oxygen atoms in total. The molecule has 0 spiro atoms. The number of benzene rings is 1. The van der Waals surface area contributed by atoms with E-state index in [1.165, 1.54) is 0 Å². The van der Waals surface area contributed by atoms with E-state index >= 15 is 0 Å². The van der Waals surface area contributed by atoms with Gasteiger partial charge in [0.25, 0.3) is 0 Å². The van der Waals surface area contributed by atoms with Gasteiger partial charge in [-0.25, -0.2) is 36.9 Å². The first-order valence-electron chi connectivity index (χ1n) is 8.75. The number of aryl methyl sites for hydroxylation is 2. The number of imidazole rings is 1. The molecule has 2 N–H and O–H groups in total. The zero-order valence-electron chi connectivity index (χ0n) is 15.9. The second-order valence-corrected chi connectivity index (χ2v) is 8.13. The van der Waals surface area contributed by atoms with Gasteiger partial charge < -0.3 is 5.32 Å². The van der Waals surface area contributed by atoms with Gasteiger partial charge in [-0.15, -0.1) is 0 Å². The molecule has 0 radical (unpaired) electrons. The second-order valence-electron chi connectivity index (χ2n) is 6.32. The molecule has 1 aromatic carbocycles. The fourth-order valence-electron chi connectivity index (χ4n) is 2.69. The van der Waals surface area contributed by atoms with Crippen LogP contribution in [0.1, 0.15) is 17.2 Å². The molecule has 3 rings (SSSR count). The molecule has 0 saturated carbocycles. The number of nitrogens with zero attached hydrogens (tertiary/aromatic N) is 4. The highest BCUT2D eigenvalue weighted by atomic mass is 32.2. The molecule has 0 unspecified atom stereocenters. The predicted octanol–water partition coefficient (Wildman–Crippen LogP) is 2.09. The van der Waals surface area contributed by atoms with Crippen molar-refractivity contribution in [2.75, 3.05) is 18.4 Å². The molecule has 0 aliphatic rings. The van der Waals surface area contributed by atoms with Gasteiger partial charge in [0, 0.05) is 37.1 Å². The maximum atomic E-state index is 13.6. The minimum Gasteiger partial charge on any atom is -0.369 e. The minimum absolute atomic E-state index is 0.0434. The third kappa shape index (κ3) is 5.55. The van der Waals surface area contributed by atoms with Crippen LogP contribution in [0.5, 0.6) is 0 Å². The van der Waals surface area contributed by atoms with E-state index in [2.05, 4.69) is 25.0 Å². The van der Waals surface area contributed by atoms with E-state index in [9.17, 15) is 17.2 Å². The highest BCUT2D eigenvalue weighted by Gasteiger charge is 2.15. The first-order valence-corrected chi connectivity index (χ1v) is 10.4. The summed E-state index contributed by atoms with van der Waals surface area (Å²) in [5.74, 6) is 0.364. The highest BCUT2D eigenvalue weighted by Crippen LogP contribution is 2.14. The Morgan fingerprint density at radius 1 is 1.10 bits per heavy atom. The van der Waals surface area contributed by atoms with Crippen molar-refractivity contribution in [1.29, 1.82) is 0 Å². The van der Waals surface area contributed by atoms with Crippen molar-refractivity contribution >= 4 is 15.8 Å². The van der Waals surface area contributed by atoms with E-state index in [-0.39, 0.29) is 18.7 Å². The van der Waals surface area contributed by atoms with Crippen molar-refractivity contribution in [2.24, 2.45) is 0 Å². The average molecular weight is 422 g/mol.